The predicted octanol–water partition coefficient (Wildman–Crippen LogP) is 4.96. The normalized spacial score (nSPS) is 52.0. The Hall–Kier alpha value is -0.340. The van der Waals surface area contributed by atoms with Gasteiger partial charge >= 0.3 is 0 Å². The standard InChI is InChI=1S/C22H36O2/c1-14(23)18-7-8-19-17-6-5-15-13-16(24-4)9-11-21(15,2)20(17)10-12-22(18,19)3/h5,14,16-20,23H,6-13H2,1-4H3/t14?,16-,17-,18+,19-,20-,21-,22+/m0/s1. The van der Waals surface area contributed by atoms with Crippen molar-refractivity contribution in [3.8, 4) is 0 Å². The molecule has 0 aromatic carbocycles. The van der Waals surface area contributed by atoms with Crippen LogP contribution >= 0.6 is 0 Å². The van der Waals surface area contributed by atoms with Crippen molar-refractivity contribution >= 4 is 0 Å². The molecule has 1 unspecified atom stereocenters. The van der Waals surface area contributed by atoms with Crippen molar-refractivity contribution in [1.29, 1.82) is 0 Å². The Morgan fingerprint density at radius 2 is 1.92 bits per heavy atom. The van der Waals surface area contributed by atoms with Gasteiger partial charge in [-0.15, -0.1) is 0 Å². The SMILES string of the molecule is CO[C@H]1CC[C@@]2(C)C(=CC[C@H]3[C@@H]4CC[C@H](C(C)O)[C@@]4(C)CC[C@@H]32)C1. The first-order valence-electron chi connectivity index (χ1n) is 10.3. The lowest BCUT2D eigenvalue weighted by molar-refractivity contribution is -0.0696. The van der Waals surface area contributed by atoms with Gasteiger partial charge in [0.15, 0.2) is 0 Å². The number of aliphatic hydroxyl groups excluding tert-OH is 1. The van der Waals surface area contributed by atoms with Crippen molar-refractivity contribution in [2.75, 3.05) is 7.11 Å². The molecule has 3 fully saturated rings. The van der Waals surface area contributed by atoms with E-state index in [0.717, 1.165) is 24.2 Å². The predicted molar refractivity (Wildman–Crippen MR) is 97.7 cm³/mol. The van der Waals surface area contributed by atoms with Crippen molar-refractivity contribution in [2.24, 2.45) is 34.5 Å². The van der Waals surface area contributed by atoms with Crippen LogP contribution in [0.1, 0.15) is 72.1 Å². The Balaban J connectivity index is 1.62. The van der Waals surface area contributed by atoms with Gasteiger partial charge in [-0.25, -0.2) is 0 Å². The third-order valence-electron chi connectivity index (χ3n) is 9.05. The average molecular weight is 333 g/mol. The Kier molecular flexibility index (Phi) is 4.16. The Morgan fingerprint density at radius 3 is 2.62 bits per heavy atom. The quantitative estimate of drug-likeness (QED) is 0.724. The van der Waals surface area contributed by atoms with Gasteiger partial charge in [0.2, 0.25) is 0 Å². The van der Waals surface area contributed by atoms with E-state index in [-0.39, 0.29) is 6.10 Å². The molecule has 0 heterocycles. The second-order valence-corrected chi connectivity index (χ2v) is 9.83. The molecule has 0 aromatic rings. The molecule has 2 nitrogen and oxygen atoms in total. The first-order chi connectivity index (χ1) is 11.4. The molecule has 0 amide bonds. The zero-order valence-electron chi connectivity index (χ0n) is 16.1. The van der Waals surface area contributed by atoms with E-state index in [1.807, 2.05) is 14.0 Å². The molecular weight excluding hydrogens is 296 g/mol. The fourth-order valence-corrected chi connectivity index (χ4v) is 7.66. The van der Waals surface area contributed by atoms with E-state index >= 15 is 0 Å². The summed E-state index contributed by atoms with van der Waals surface area (Å²) in [7, 11) is 1.88. The van der Waals surface area contributed by atoms with Crippen LogP contribution in [0.5, 0.6) is 0 Å². The summed E-state index contributed by atoms with van der Waals surface area (Å²) in [4.78, 5) is 0. The van der Waals surface area contributed by atoms with Gasteiger partial charge in [-0.05, 0) is 92.8 Å². The monoisotopic (exact) mass is 332 g/mol. The van der Waals surface area contributed by atoms with E-state index < -0.39 is 0 Å². The van der Waals surface area contributed by atoms with Crippen LogP contribution in [0.3, 0.4) is 0 Å². The summed E-state index contributed by atoms with van der Waals surface area (Å²) in [5.41, 5.74) is 2.50. The maximum absolute atomic E-state index is 10.3. The first-order valence-corrected chi connectivity index (χ1v) is 10.3. The number of fused-ring (bicyclic) bond motifs is 5. The van der Waals surface area contributed by atoms with Gasteiger partial charge in [0.05, 0.1) is 12.2 Å². The number of aliphatic hydroxyl groups is 1. The van der Waals surface area contributed by atoms with Crippen LogP contribution in [0.15, 0.2) is 11.6 Å². The van der Waals surface area contributed by atoms with Crippen molar-refractivity contribution in [3.05, 3.63) is 11.6 Å². The van der Waals surface area contributed by atoms with Gasteiger partial charge in [-0.1, -0.05) is 25.5 Å². The second-order valence-electron chi connectivity index (χ2n) is 9.83. The van der Waals surface area contributed by atoms with Crippen LogP contribution in [0, 0.1) is 34.5 Å². The molecule has 0 aromatic heterocycles. The van der Waals surface area contributed by atoms with Gasteiger partial charge in [-0.3, -0.25) is 0 Å². The minimum absolute atomic E-state index is 0.140. The molecule has 0 bridgehead atoms. The highest BCUT2D eigenvalue weighted by molar-refractivity contribution is 5.25. The average Bonchev–Trinajstić information content (AvgIpc) is 2.91. The smallest absolute Gasteiger partial charge is 0.0608 e. The zero-order valence-corrected chi connectivity index (χ0v) is 16.1. The molecule has 136 valence electrons. The molecule has 0 aliphatic heterocycles. The molecule has 0 saturated heterocycles. The molecule has 4 aliphatic rings. The van der Waals surface area contributed by atoms with Gasteiger partial charge < -0.3 is 9.84 Å². The topological polar surface area (TPSA) is 29.5 Å². The third-order valence-corrected chi connectivity index (χ3v) is 9.05. The minimum atomic E-state index is -0.140. The van der Waals surface area contributed by atoms with Crippen LogP contribution in [-0.4, -0.2) is 24.4 Å². The fourth-order valence-electron chi connectivity index (χ4n) is 7.66. The Labute approximate surface area is 148 Å². The molecule has 4 rings (SSSR count). The molecule has 3 saturated carbocycles. The molecule has 1 N–H and O–H groups in total. The summed E-state index contributed by atoms with van der Waals surface area (Å²) in [5, 5.41) is 10.3. The second kappa shape index (κ2) is 5.84. The van der Waals surface area contributed by atoms with E-state index in [0.29, 0.717) is 22.9 Å². The lowest BCUT2D eigenvalue weighted by Gasteiger charge is -2.58. The Morgan fingerprint density at radius 1 is 1.12 bits per heavy atom. The van der Waals surface area contributed by atoms with Crippen LogP contribution in [0.4, 0.5) is 0 Å². The number of ether oxygens (including phenoxy) is 1. The summed E-state index contributed by atoms with van der Waals surface area (Å²) in [6.07, 6.45) is 13.2. The highest BCUT2D eigenvalue weighted by atomic mass is 16.5. The van der Waals surface area contributed by atoms with Gasteiger partial charge in [0, 0.05) is 7.11 Å². The van der Waals surface area contributed by atoms with E-state index in [2.05, 4.69) is 19.9 Å². The van der Waals surface area contributed by atoms with Crippen molar-refractivity contribution in [1.82, 2.24) is 0 Å². The lowest BCUT2D eigenvalue weighted by atomic mass is 9.47. The number of rotatable bonds is 2. The zero-order chi connectivity index (χ0) is 17.1. The number of methoxy groups -OCH3 is 1. The van der Waals surface area contributed by atoms with Gasteiger partial charge in [0.25, 0.3) is 0 Å². The number of allylic oxidation sites excluding steroid dienone is 1. The summed E-state index contributed by atoms with van der Waals surface area (Å²) in [6, 6.07) is 0. The fraction of sp³-hybridized carbons (Fsp3) is 0.909. The van der Waals surface area contributed by atoms with E-state index in [1.54, 1.807) is 5.57 Å². The summed E-state index contributed by atoms with van der Waals surface area (Å²) in [5.74, 6) is 3.05. The van der Waals surface area contributed by atoms with Crippen LogP contribution in [0.2, 0.25) is 0 Å². The molecule has 0 radical (unpaired) electrons. The number of hydrogen-bond acceptors (Lipinski definition) is 2. The lowest BCUT2D eigenvalue weighted by Crippen LogP contribution is -2.51. The maximum Gasteiger partial charge on any atom is 0.0608 e. The molecule has 2 heteroatoms. The van der Waals surface area contributed by atoms with Gasteiger partial charge in [0.1, 0.15) is 0 Å². The highest BCUT2D eigenvalue weighted by Crippen LogP contribution is 2.66. The Bertz CT molecular complexity index is 524. The molecule has 0 spiro atoms. The summed E-state index contributed by atoms with van der Waals surface area (Å²) < 4.78 is 5.68. The van der Waals surface area contributed by atoms with Crippen LogP contribution < -0.4 is 0 Å². The molecule has 8 atom stereocenters. The largest absolute Gasteiger partial charge is 0.393 e. The van der Waals surface area contributed by atoms with Crippen LogP contribution in [0.25, 0.3) is 0 Å². The van der Waals surface area contributed by atoms with E-state index in [1.165, 1.54) is 44.9 Å². The van der Waals surface area contributed by atoms with Crippen molar-refractivity contribution in [3.63, 3.8) is 0 Å². The highest BCUT2D eigenvalue weighted by Gasteiger charge is 2.59. The van der Waals surface area contributed by atoms with E-state index in [4.69, 9.17) is 4.74 Å². The van der Waals surface area contributed by atoms with Crippen molar-refractivity contribution in [2.45, 2.75) is 84.3 Å². The van der Waals surface area contributed by atoms with E-state index in [9.17, 15) is 5.11 Å². The number of hydrogen-bond donors (Lipinski definition) is 1. The molecular formula is C22H36O2. The van der Waals surface area contributed by atoms with Crippen LogP contribution in [-0.2, 0) is 4.74 Å². The van der Waals surface area contributed by atoms with Gasteiger partial charge in [-0.2, -0.15) is 0 Å². The molecule has 4 aliphatic carbocycles. The minimum Gasteiger partial charge on any atom is -0.393 e. The maximum atomic E-state index is 10.3. The summed E-state index contributed by atoms with van der Waals surface area (Å²) in [6.45, 7) is 7.09. The first kappa shape index (κ1) is 17.1. The van der Waals surface area contributed by atoms with Crippen molar-refractivity contribution < 1.29 is 9.84 Å². The third kappa shape index (κ3) is 2.28. The summed E-state index contributed by atoms with van der Waals surface area (Å²) >= 11 is 0. The molecule has 24 heavy (non-hydrogen) atoms.